The van der Waals surface area contributed by atoms with Gasteiger partial charge in [0.2, 0.25) is 0 Å². The van der Waals surface area contributed by atoms with Crippen LogP contribution in [0.1, 0.15) is 28.8 Å². The molecule has 0 unspecified atom stereocenters. The minimum atomic E-state index is -0.217. The van der Waals surface area contributed by atoms with Crippen LogP contribution in [0.5, 0.6) is 0 Å². The molecule has 1 aliphatic heterocycles. The Morgan fingerprint density at radius 3 is 2.47 bits per heavy atom. The van der Waals surface area contributed by atoms with Crippen LogP contribution in [0.25, 0.3) is 22.4 Å². The summed E-state index contributed by atoms with van der Waals surface area (Å²) < 4.78 is 1.50. The van der Waals surface area contributed by atoms with Crippen LogP contribution < -0.4 is 10.9 Å². The molecule has 7 heteroatoms. The van der Waals surface area contributed by atoms with Gasteiger partial charge in [-0.1, -0.05) is 42.5 Å². The summed E-state index contributed by atoms with van der Waals surface area (Å²) in [5.41, 5.74) is 3.90. The largest absolute Gasteiger partial charge is 0.349 e. The van der Waals surface area contributed by atoms with Crippen molar-refractivity contribution in [3.63, 3.8) is 0 Å². The van der Waals surface area contributed by atoms with Crippen LogP contribution in [0.4, 0.5) is 0 Å². The van der Waals surface area contributed by atoms with Crippen molar-refractivity contribution in [2.75, 3.05) is 13.1 Å². The molecule has 0 bridgehead atoms. The molecule has 172 valence electrons. The molecule has 0 radical (unpaired) electrons. The second-order valence-electron chi connectivity index (χ2n) is 8.76. The topological polar surface area (TPSA) is 80.1 Å². The summed E-state index contributed by atoms with van der Waals surface area (Å²) in [7, 11) is 1.69. The first kappa shape index (κ1) is 22.0. The predicted molar refractivity (Wildman–Crippen MR) is 132 cm³/mol. The first-order chi connectivity index (χ1) is 16.6. The van der Waals surface area contributed by atoms with E-state index in [-0.39, 0.29) is 17.5 Å². The third-order valence-electron chi connectivity index (χ3n) is 6.42. The first-order valence-corrected chi connectivity index (χ1v) is 11.6. The first-order valence-electron chi connectivity index (χ1n) is 11.6. The molecular formula is C27H27N5O2. The van der Waals surface area contributed by atoms with Crippen molar-refractivity contribution in [2.45, 2.75) is 25.4 Å². The zero-order valence-electron chi connectivity index (χ0n) is 19.1. The van der Waals surface area contributed by atoms with Crippen molar-refractivity contribution >= 4 is 17.1 Å². The van der Waals surface area contributed by atoms with E-state index in [1.165, 1.54) is 10.1 Å². The number of amides is 1. The summed E-state index contributed by atoms with van der Waals surface area (Å²) in [5.74, 6) is -0.0865. The van der Waals surface area contributed by atoms with E-state index in [1.807, 2.05) is 12.1 Å². The fourth-order valence-corrected chi connectivity index (χ4v) is 4.47. The molecule has 1 fully saturated rings. The van der Waals surface area contributed by atoms with E-state index in [4.69, 9.17) is 0 Å². The number of piperidine rings is 1. The van der Waals surface area contributed by atoms with Crippen molar-refractivity contribution in [3.05, 3.63) is 94.4 Å². The lowest BCUT2D eigenvalue weighted by Crippen LogP contribution is -2.44. The number of hydrogen-bond donors (Lipinski definition) is 1. The highest BCUT2D eigenvalue weighted by Crippen LogP contribution is 2.18. The maximum atomic E-state index is 12.8. The standard InChI is InChI=1S/C27H27N5O2/c1-31-25-23(8-5-15-28-25)30-24(27(31)34)20-9-11-21(12-10-20)26(33)29-22-13-16-32(17-14-22)18-19-6-3-2-4-7-19/h2-12,15,22H,13-14,16-18H2,1H3,(H,29,33). The molecule has 3 heterocycles. The second kappa shape index (κ2) is 9.57. The van der Waals surface area contributed by atoms with Gasteiger partial charge in [0.1, 0.15) is 11.2 Å². The SMILES string of the molecule is Cn1c(=O)c(-c2ccc(C(=O)NC3CCN(Cc4ccccc4)CC3)cc2)nc2cccnc21. The number of aryl methyl sites for hydroxylation is 1. The number of nitrogens with zero attached hydrogens (tertiary/aromatic N) is 4. The number of rotatable bonds is 5. The Hall–Kier alpha value is -3.84. The number of aromatic nitrogens is 3. The number of likely N-dealkylation sites (tertiary alicyclic amines) is 1. The summed E-state index contributed by atoms with van der Waals surface area (Å²) in [5, 5.41) is 3.17. The van der Waals surface area contributed by atoms with Crippen LogP contribution in [-0.2, 0) is 13.6 Å². The van der Waals surface area contributed by atoms with Gasteiger partial charge in [-0.25, -0.2) is 9.97 Å². The lowest BCUT2D eigenvalue weighted by atomic mass is 10.0. The highest BCUT2D eigenvalue weighted by Gasteiger charge is 2.21. The fraction of sp³-hybridized carbons (Fsp3) is 0.259. The van der Waals surface area contributed by atoms with Crippen LogP contribution in [0.3, 0.4) is 0 Å². The summed E-state index contributed by atoms with van der Waals surface area (Å²) in [6, 6.07) is 21.3. The number of carbonyl (C=O) groups excluding carboxylic acids is 1. The Morgan fingerprint density at radius 1 is 1.00 bits per heavy atom. The monoisotopic (exact) mass is 453 g/mol. The van der Waals surface area contributed by atoms with Gasteiger partial charge in [-0.3, -0.25) is 19.1 Å². The van der Waals surface area contributed by atoms with Crippen molar-refractivity contribution in [1.82, 2.24) is 24.8 Å². The number of nitrogens with one attached hydrogen (secondary N) is 1. The van der Waals surface area contributed by atoms with Gasteiger partial charge in [-0.05, 0) is 42.7 Å². The molecular weight excluding hydrogens is 426 g/mol. The van der Waals surface area contributed by atoms with Gasteiger partial charge in [-0.15, -0.1) is 0 Å². The van der Waals surface area contributed by atoms with E-state index in [0.717, 1.165) is 32.5 Å². The Kier molecular flexibility index (Phi) is 6.18. The summed E-state index contributed by atoms with van der Waals surface area (Å²) >= 11 is 0. The van der Waals surface area contributed by atoms with Gasteiger partial charge in [0, 0.05) is 50.0 Å². The summed E-state index contributed by atoms with van der Waals surface area (Å²) in [6.45, 7) is 2.87. The third kappa shape index (κ3) is 4.61. The molecule has 4 aromatic rings. The van der Waals surface area contributed by atoms with E-state index in [9.17, 15) is 9.59 Å². The van der Waals surface area contributed by atoms with E-state index < -0.39 is 0 Å². The molecule has 2 aromatic carbocycles. The van der Waals surface area contributed by atoms with Crippen molar-refractivity contribution in [2.24, 2.45) is 7.05 Å². The van der Waals surface area contributed by atoms with Gasteiger partial charge in [0.25, 0.3) is 11.5 Å². The van der Waals surface area contributed by atoms with E-state index in [0.29, 0.717) is 28.0 Å². The van der Waals surface area contributed by atoms with Gasteiger partial charge >= 0.3 is 0 Å². The lowest BCUT2D eigenvalue weighted by Gasteiger charge is -2.32. The molecule has 34 heavy (non-hydrogen) atoms. The van der Waals surface area contributed by atoms with E-state index in [1.54, 1.807) is 43.6 Å². The Labute approximate surface area is 198 Å². The van der Waals surface area contributed by atoms with E-state index >= 15 is 0 Å². The van der Waals surface area contributed by atoms with Gasteiger partial charge in [0.05, 0.1) is 0 Å². The molecule has 0 aliphatic carbocycles. The van der Waals surface area contributed by atoms with Crippen molar-refractivity contribution < 1.29 is 4.79 Å². The molecule has 1 saturated heterocycles. The third-order valence-corrected chi connectivity index (χ3v) is 6.42. The summed E-state index contributed by atoms with van der Waals surface area (Å²) in [6.07, 6.45) is 3.51. The molecule has 1 aliphatic rings. The lowest BCUT2D eigenvalue weighted by molar-refractivity contribution is 0.0909. The molecule has 1 amide bonds. The number of fused-ring (bicyclic) bond motifs is 1. The molecule has 5 rings (SSSR count). The average Bonchev–Trinajstić information content (AvgIpc) is 2.88. The maximum absolute atomic E-state index is 12.8. The van der Waals surface area contributed by atoms with Gasteiger partial charge < -0.3 is 5.32 Å². The molecule has 1 N–H and O–H groups in total. The number of carbonyl (C=O) groups is 1. The maximum Gasteiger partial charge on any atom is 0.278 e. The van der Waals surface area contributed by atoms with Crippen molar-refractivity contribution in [1.29, 1.82) is 0 Å². The van der Waals surface area contributed by atoms with Crippen LogP contribution in [0, 0.1) is 0 Å². The number of hydrogen-bond acceptors (Lipinski definition) is 5. The van der Waals surface area contributed by atoms with Crippen LogP contribution in [0.15, 0.2) is 77.7 Å². The Bertz CT molecular complexity index is 1360. The van der Waals surface area contributed by atoms with Gasteiger partial charge in [-0.2, -0.15) is 0 Å². The molecule has 0 atom stereocenters. The minimum absolute atomic E-state index is 0.0865. The van der Waals surface area contributed by atoms with Crippen LogP contribution >= 0.6 is 0 Å². The minimum Gasteiger partial charge on any atom is -0.349 e. The predicted octanol–water partition coefficient (Wildman–Crippen LogP) is 3.39. The Morgan fingerprint density at radius 2 is 1.74 bits per heavy atom. The highest BCUT2D eigenvalue weighted by atomic mass is 16.1. The smallest absolute Gasteiger partial charge is 0.278 e. The quantitative estimate of drug-likeness (QED) is 0.501. The fourth-order valence-electron chi connectivity index (χ4n) is 4.47. The van der Waals surface area contributed by atoms with Crippen LogP contribution in [0.2, 0.25) is 0 Å². The second-order valence-corrected chi connectivity index (χ2v) is 8.76. The Balaban J connectivity index is 1.22. The van der Waals surface area contributed by atoms with Crippen molar-refractivity contribution in [3.8, 4) is 11.3 Å². The average molecular weight is 454 g/mol. The summed E-state index contributed by atoms with van der Waals surface area (Å²) in [4.78, 5) is 36.8. The van der Waals surface area contributed by atoms with E-state index in [2.05, 4.69) is 44.5 Å². The normalized spacial score (nSPS) is 14.9. The van der Waals surface area contributed by atoms with Gasteiger partial charge in [0.15, 0.2) is 5.65 Å². The molecule has 7 nitrogen and oxygen atoms in total. The number of pyridine rings is 1. The molecule has 0 saturated carbocycles. The zero-order chi connectivity index (χ0) is 23.5. The highest BCUT2D eigenvalue weighted by molar-refractivity contribution is 5.94. The number of benzene rings is 2. The zero-order valence-corrected chi connectivity index (χ0v) is 19.1. The van der Waals surface area contributed by atoms with Crippen LogP contribution in [-0.4, -0.2) is 44.5 Å². The molecule has 0 spiro atoms. The molecule has 2 aromatic heterocycles.